The van der Waals surface area contributed by atoms with Gasteiger partial charge in [0.2, 0.25) is 0 Å². The van der Waals surface area contributed by atoms with E-state index in [0.717, 1.165) is 35.0 Å². The van der Waals surface area contributed by atoms with Crippen LogP contribution >= 0.6 is 15.9 Å². The molecule has 0 radical (unpaired) electrons. The summed E-state index contributed by atoms with van der Waals surface area (Å²) in [5, 5.41) is 6.17. The molecule has 0 unspecified atom stereocenters. The zero-order valence-electron chi connectivity index (χ0n) is 14.3. The van der Waals surface area contributed by atoms with Crippen molar-refractivity contribution in [3.05, 3.63) is 45.8 Å². The molecule has 2 rings (SSSR count). The van der Waals surface area contributed by atoms with Crippen LogP contribution in [0.2, 0.25) is 0 Å². The molecule has 5 nitrogen and oxygen atoms in total. The fourth-order valence-electron chi connectivity index (χ4n) is 2.32. The van der Waals surface area contributed by atoms with Gasteiger partial charge in [-0.3, -0.25) is 4.79 Å². The predicted octanol–water partition coefficient (Wildman–Crippen LogP) is 4.52. The number of hydrogen-bond acceptors (Lipinski definition) is 4. The molecule has 0 fully saturated rings. The molecule has 0 bridgehead atoms. The fourth-order valence-corrected chi connectivity index (χ4v) is 2.80. The number of aryl methyl sites for hydroxylation is 2. The Morgan fingerprint density at radius 1 is 1.17 bits per heavy atom. The van der Waals surface area contributed by atoms with Crippen molar-refractivity contribution < 1.29 is 4.79 Å². The van der Waals surface area contributed by atoms with Gasteiger partial charge in [-0.05, 0) is 44.0 Å². The van der Waals surface area contributed by atoms with Gasteiger partial charge in [-0.1, -0.05) is 35.7 Å². The first-order valence-electron chi connectivity index (χ1n) is 8.16. The number of rotatable bonds is 7. The maximum Gasteiger partial charge on any atom is 0.270 e. The lowest BCUT2D eigenvalue weighted by atomic mass is 10.2. The van der Waals surface area contributed by atoms with Crippen LogP contribution < -0.4 is 10.6 Å². The van der Waals surface area contributed by atoms with Crippen LogP contribution in [0, 0.1) is 13.8 Å². The van der Waals surface area contributed by atoms with Gasteiger partial charge in [0.1, 0.15) is 17.3 Å². The average molecular weight is 391 g/mol. The molecular weight excluding hydrogens is 368 g/mol. The van der Waals surface area contributed by atoms with Gasteiger partial charge in [-0.2, -0.15) is 0 Å². The largest absolute Gasteiger partial charge is 0.351 e. The summed E-state index contributed by atoms with van der Waals surface area (Å²) >= 11 is 3.45. The van der Waals surface area contributed by atoms with Crippen LogP contribution in [0.25, 0.3) is 0 Å². The van der Waals surface area contributed by atoms with E-state index in [1.807, 2.05) is 25.1 Å². The van der Waals surface area contributed by atoms with E-state index in [1.165, 1.54) is 0 Å². The number of benzene rings is 1. The number of nitrogens with one attached hydrogen (secondary N) is 2. The minimum Gasteiger partial charge on any atom is -0.351 e. The molecule has 2 N–H and O–H groups in total. The number of hydrogen-bond donors (Lipinski definition) is 2. The summed E-state index contributed by atoms with van der Waals surface area (Å²) < 4.78 is 1.02. The van der Waals surface area contributed by atoms with Crippen molar-refractivity contribution in [2.75, 3.05) is 11.9 Å². The molecule has 0 saturated carbocycles. The summed E-state index contributed by atoms with van der Waals surface area (Å²) in [5.41, 5.74) is 2.42. The van der Waals surface area contributed by atoms with Gasteiger partial charge in [0.25, 0.3) is 5.91 Å². The Hall–Kier alpha value is -1.95. The number of carbonyl (C=O) groups excluding carboxylic acids is 1. The number of anilines is 2. The first-order chi connectivity index (χ1) is 11.5. The molecule has 0 saturated heterocycles. The highest BCUT2D eigenvalue weighted by Gasteiger charge is 2.11. The van der Waals surface area contributed by atoms with E-state index in [0.29, 0.717) is 23.9 Å². The van der Waals surface area contributed by atoms with Crippen LogP contribution in [-0.4, -0.2) is 22.4 Å². The lowest BCUT2D eigenvalue weighted by molar-refractivity contribution is 0.0947. The van der Waals surface area contributed by atoms with Crippen molar-refractivity contribution in [3.63, 3.8) is 0 Å². The summed E-state index contributed by atoms with van der Waals surface area (Å²) in [7, 11) is 0. The molecule has 0 aliphatic carbocycles. The summed E-state index contributed by atoms with van der Waals surface area (Å²) in [4.78, 5) is 20.9. The SMILES string of the molecule is CCCCCNC(=O)c1cc(Nc2ccc(Br)cc2C)nc(C)n1. The molecule has 128 valence electrons. The molecule has 1 heterocycles. The first-order valence-corrected chi connectivity index (χ1v) is 8.96. The van der Waals surface area contributed by atoms with Gasteiger partial charge in [-0.15, -0.1) is 0 Å². The molecule has 0 aliphatic rings. The van der Waals surface area contributed by atoms with E-state index in [9.17, 15) is 4.79 Å². The second-order valence-electron chi connectivity index (χ2n) is 5.73. The number of nitrogens with zero attached hydrogens (tertiary/aromatic N) is 2. The average Bonchev–Trinajstić information content (AvgIpc) is 2.53. The molecule has 1 aromatic heterocycles. The molecule has 2 aromatic rings. The Labute approximate surface area is 151 Å². The predicted molar refractivity (Wildman–Crippen MR) is 101 cm³/mol. The van der Waals surface area contributed by atoms with E-state index in [1.54, 1.807) is 13.0 Å². The molecule has 0 spiro atoms. The number of aromatic nitrogens is 2. The normalized spacial score (nSPS) is 10.5. The van der Waals surface area contributed by atoms with E-state index >= 15 is 0 Å². The van der Waals surface area contributed by atoms with E-state index in [2.05, 4.69) is 43.5 Å². The molecule has 0 aliphatic heterocycles. The van der Waals surface area contributed by atoms with E-state index in [-0.39, 0.29) is 5.91 Å². The molecule has 0 atom stereocenters. The Bertz CT molecular complexity index is 718. The van der Waals surface area contributed by atoms with Gasteiger partial charge in [0, 0.05) is 22.8 Å². The first kappa shape index (κ1) is 18.4. The third-order valence-electron chi connectivity index (χ3n) is 3.59. The topological polar surface area (TPSA) is 66.9 Å². The Balaban J connectivity index is 2.11. The number of amides is 1. The lowest BCUT2D eigenvalue weighted by Crippen LogP contribution is -2.25. The van der Waals surface area contributed by atoms with Crippen molar-refractivity contribution in [1.29, 1.82) is 0 Å². The Morgan fingerprint density at radius 2 is 1.96 bits per heavy atom. The monoisotopic (exact) mass is 390 g/mol. The van der Waals surface area contributed by atoms with Gasteiger partial charge in [0.05, 0.1) is 0 Å². The van der Waals surface area contributed by atoms with Crippen LogP contribution in [0.4, 0.5) is 11.5 Å². The van der Waals surface area contributed by atoms with Gasteiger partial charge in [0.15, 0.2) is 0 Å². The van der Waals surface area contributed by atoms with Gasteiger partial charge < -0.3 is 10.6 Å². The van der Waals surface area contributed by atoms with Crippen molar-refractivity contribution in [1.82, 2.24) is 15.3 Å². The van der Waals surface area contributed by atoms with Crippen LogP contribution in [0.5, 0.6) is 0 Å². The zero-order chi connectivity index (χ0) is 17.5. The highest BCUT2D eigenvalue weighted by molar-refractivity contribution is 9.10. The van der Waals surface area contributed by atoms with Crippen molar-refractivity contribution in [2.45, 2.75) is 40.0 Å². The quantitative estimate of drug-likeness (QED) is 0.681. The van der Waals surface area contributed by atoms with Crippen molar-refractivity contribution in [2.24, 2.45) is 0 Å². The molecule has 1 aromatic carbocycles. The summed E-state index contributed by atoms with van der Waals surface area (Å²) in [6, 6.07) is 7.65. The standard InChI is InChI=1S/C18H23BrN4O/c1-4-5-6-9-20-18(24)16-11-17(22-13(3)21-16)23-15-8-7-14(19)10-12(15)2/h7-8,10-11H,4-6,9H2,1-3H3,(H,20,24)(H,21,22,23). The summed E-state index contributed by atoms with van der Waals surface area (Å²) in [5.74, 6) is 1.02. The third-order valence-corrected chi connectivity index (χ3v) is 4.08. The van der Waals surface area contributed by atoms with E-state index in [4.69, 9.17) is 0 Å². The lowest BCUT2D eigenvalue weighted by Gasteiger charge is -2.11. The van der Waals surface area contributed by atoms with E-state index < -0.39 is 0 Å². The Kier molecular flexibility index (Phi) is 6.73. The molecule has 1 amide bonds. The van der Waals surface area contributed by atoms with Crippen LogP contribution in [0.1, 0.15) is 48.1 Å². The molecular formula is C18H23BrN4O. The second-order valence-corrected chi connectivity index (χ2v) is 6.65. The highest BCUT2D eigenvalue weighted by Crippen LogP contribution is 2.23. The number of carbonyl (C=O) groups is 1. The zero-order valence-corrected chi connectivity index (χ0v) is 15.9. The van der Waals surface area contributed by atoms with Crippen LogP contribution in [0.3, 0.4) is 0 Å². The Morgan fingerprint density at radius 3 is 2.67 bits per heavy atom. The summed E-state index contributed by atoms with van der Waals surface area (Å²) in [6.07, 6.45) is 3.22. The maximum atomic E-state index is 12.2. The molecule has 24 heavy (non-hydrogen) atoms. The smallest absolute Gasteiger partial charge is 0.270 e. The third kappa shape index (κ3) is 5.30. The summed E-state index contributed by atoms with van der Waals surface area (Å²) in [6.45, 7) is 6.61. The van der Waals surface area contributed by atoms with Crippen LogP contribution in [0.15, 0.2) is 28.7 Å². The second kappa shape index (κ2) is 8.78. The van der Waals surface area contributed by atoms with Gasteiger partial charge >= 0.3 is 0 Å². The van der Waals surface area contributed by atoms with Crippen molar-refractivity contribution in [3.8, 4) is 0 Å². The molecule has 6 heteroatoms. The minimum atomic E-state index is -0.160. The number of unbranched alkanes of at least 4 members (excludes halogenated alkanes) is 2. The highest BCUT2D eigenvalue weighted by atomic mass is 79.9. The van der Waals surface area contributed by atoms with Crippen LogP contribution in [-0.2, 0) is 0 Å². The fraction of sp³-hybridized carbons (Fsp3) is 0.389. The van der Waals surface area contributed by atoms with Gasteiger partial charge in [-0.25, -0.2) is 9.97 Å². The minimum absolute atomic E-state index is 0.160. The van der Waals surface area contributed by atoms with Crippen molar-refractivity contribution >= 4 is 33.3 Å². The maximum absolute atomic E-state index is 12.2. The number of halogens is 1.